The Morgan fingerprint density at radius 1 is 0.439 bits per heavy atom. The van der Waals surface area contributed by atoms with E-state index in [-0.39, 0.29) is 97.7 Å². The molecular weight excluding hydrogens is 897 g/mol. The summed E-state index contributed by atoms with van der Waals surface area (Å²) in [4.78, 5) is 28.9. The smallest absolute Gasteiger partial charge is 0.295 e. The molecule has 22 nitrogen and oxygen atoms in total. The van der Waals surface area contributed by atoms with Gasteiger partial charge in [0.15, 0.2) is 0 Å². The molecule has 348 valence electrons. The number of benzene rings is 4. The minimum Gasteiger partial charge on any atom is -0.396 e. The highest BCUT2D eigenvalue weighted by atomic mass is 32.2. The van der Waals surface area contributed by atoms with Gasteiger partial charge in [0.1, 0.15) is 9.79 Å². The van der Waals surface area contributed by atoms with Crippen molar-refractivity contribution < 1.29 is 46.4 Å². The van der Waals surface area contributed by atoms with Crippen LogP contribution in [0.15, 0.2) is 107 Å². The lowest BCUT2D eigenvalue weighted by molar-refractivity contribution is 0.280. The van der Waals surface area contributed by atoms with E-state index < -0.39 is 30.0 Å². The van der Waals surface area contributed by atoms with Gasteiger partial charge in [0.05, 0.1) is 13.2 Å². The third-order valence-corrected chi connectivity index (χ3v) is 11.1. The quantitative estimate of drug-likeness (QED) is 0.0302. The maximum atomic E-state index is 12.8. The van der Waals surface area contributed by atoms with Gasteiger partial charge >= 0.3 is 0 Å². The number of aliphatic hydroxyl groups is 4. The first-order valence-electron chi connectivity index (χ1n) is 20.3. The Morgan fingerprint density at radius 2 is 0.788 bits per heavy atom. The van der Waals surface area contributed by atoms with E-state index in [9.17, 15) is 46.4 Å². The molecule has 6 aromatic rings. The average Bonchev–Trinajstić information content (AvgIpc) is 3.29. The van der Waals surface area contributed by atoms with E-state index in [1.165, 1.54) is 36.4 Å². The summed E-state index contributed by atoms with van der Waals surface area (Å²) in [6, 6.07) is 25.9. The van der Waals surface area contributed by atoms with Gasteiger partial charge in [-0.1, -0.05) is 60.7 Å². The van der Waals surface area contributed by atoms with Gasteiger partial charge in [-0.25, -0.2) is 0 Å². The van der Waals surface area contributed by atoms with E-state index in [2.05, 4.69) is 51.2 Å². The highest BCUT2D eigenvalue weighted by Gasteiger charge is 2.21. The summed E-state index contributed by atoms with van der Waals surface area (Å²) in [5.41, 5.74) is 1.43. The third-order valence-electron chi connectivity index (χ3n) is 9.32. The molecule has 66 heavy (non-hydrogen) atoms. The van der Waals surface area contributed by atoms with Crippen LogP contribution in [0.2, 0.25) is 0 Å². The largest absolute Gasteiger partial charge is 0.396 e. The summed E-state index contributed by atoms with van der Waals surface area (Å²) < 4.78 is 71.7. The van der Waals surface area contributed by atoms with E-state index in [1.54, 1.807) is 58.3 Å². The lowest BCUT2D eigenvalue weighted by Crippen LogP contribution is -2.30. The molecule has 4 aromatic carbocycles. The van der Waals surface area contributed by atoms with Crippen LogP contribution in [0.5, 0.6) is 0 Å². The number of rotatable bonds is 24. The Bertz CT molecular complexity index is 2620. The maximum absolute atomic E-state index is 12.8. The van der Waals surface area contributed by atoms with Crippen molar-refractivity contribution in [2.75, 3.05) is 83.7 Å². The number of para-hydroxylation sites is 2. The van der Waals surface area contributed by atoms with Gasteiger partial charge < -0.3 is 51.5 Å². The zero-order valence-corrected chi connectivity index (χ0v) is 36.8. The van der Waals surface area contributed by atoms with Crippen molar-refractivity contribution in [2.24, 2.45) is 0 Å². The van der Waals surface area contributed by atoms with Crippen molar-refractivity contribution in [1.29, 1.82) is 0 Å². The Morgan fingerprint density at radius 3 is 1.11 bits per heavy atom. The molecule has 10 N–H and O–H groups in total. The van der Waals surface area contributed by atoms with Gasteiger partial charge in [-0.2, -0.15) is 46.7 Å². The van der Waals surface area contributed by atoms with Crippen LogP contribution >= 0.6 is 0 Å². The molecule has 0 saturated heterocycles. The second-order valence-corrected chi connectivity index (χ2v) is 16.9. The molecule has 0 radical (unpaired) electrons. The number of aromatic nitrogens is 6. The van der Waals surface area contributed by atoms with Crippen molar-refractivity contribution in [2.45, 2.75) is 22.6 Å². The van der Waals surface area contributed by atoms with Crippen LogP contribution in [-0.2, 0) is 20.2 Å². The standard InChI is InChI=1S/C42H48N12O10S2/c55-23-7-19-53(21-25-57)41-49-37(43-31-9-3-1-4-10-31)47-39(51-41)45-33-17-15-29(35(27-33)65(59,60)61)13-14-30-16-18-34(28-36(30)66(62,63)64)46-40-48-38(44-32-11-5-2-6-12-32)50-42(52-40)54(22-26-58)20-8-24-56/h1-6,9-18,27-28,55-58H,7-8,19-26H2,(H,59,60,61)(H,62,63,64)(H2,43,45,47,49,51)(H2,44,46,48,50,52)/b14-13-. The lowest BCUT2D eigenvalue weighted by atomic mass is 10.1. The number of hydrogen-bond donors (Lipinski definition) is 10. The van der Waals surface area contributed by atoms with Crippen molar-refractivity contribution in [3.63, 3.8) is 0 Å². The lowest BCUT2D eigenvalue weighted by Gasteiger charge is -2.22. The van der Waals surface area contributed by atoms with Crippen LogP contribution in [0.1, 0.15) is 24.0 Å². The molecule has 0 fully saturated rings. The van der Waals surface area contributed by atoms with Gasteiger partial charge in [0.25, 0.3) is 20.2 Å². The fourth-order valence-corrected chi connectivity index (χ4v) is 7.73. The SMILES string of the molecule is O=S(=O)(O)c1cc(Nc2nc(Nc3ccccc3)nc(N(CCO)CCCO)n2)ccc1/C=C\c1ccc(Nc2nc(Nc3ccccc3)nc(N(CCO)CCCO)n2)cc1S(=O)(=O)O. The van der Waals surface area contributed by atoms with Crippen LogP contribution in [0.4, 0.5) is 58.4 Å². The topological polar surface area (TPSA) is 322 Å². The first kappa shape index (κ1) is 48.6. The summed E-state index contributed by atoms with van der Waals surface area (Å²) in [6.45, 7) is 0.127. The second-order valence-electron chi connectivity index (χ2n) is 14.2. The van der Waals surface area contributed by atoms with Crippen molar-refractivity contribution in [3.05, 3.63) is 108 Å². The molecule has 24 heteroatoms. The minimum absolute atomic E-state index is 0.0392. The summed E-state index contributed by atoms with van der Waals surface area (Å²) >= 11 is 0. The molecule has 0 bridgehead atoms. The molecule has 2 heterocycles. The number of nitrogens with zero attached hydrogens (tertiary/aromatic N) is 8. The highest BCUT2D eigenvalue weighted by molar-refractivity contribution is 7.86. The first-order valence-corrected chi connectivity index (χ1v) is 23.2. The third kappa shape index (κ3) is 13.8. The molecule has 0 spiro atoms. The summed E-state index contributed by atoms with van der Waals surface area (Å²) in [5.74, 6) is 0.410. The van der Waals surface area contributed by atoms with E-state index in [1.807, 2.05) is 12.1 Å². The van der Waals surface area contributed by atoms with Gasteiger partial charge in [0, 0.05) is 62.1 Å². The van der Waals surface area contributed by atoms with Crippen LogP contribution in [-0.4, -0.2) is 129 Å². The Labute approximate surface area is 380 Å². The van der Waals surface area contributed by atoms with Crippen LogP contribution in [0, 0.1) is 0 Å². The van der Waals surface area contributed by atoms with Gasteiger partial charge in [-0.15, -0.1) is 0 Å². The minimum atomic E-state index is -4.91. The fourth-order valence-electron chi connectivity index (χ4n) is 6.31. The molecule has 2 aromatic heterocycles. The predicted octanol–water partition coefficient (Wildman–Crippen LogP) is 4.06. The van der Waals surface area contributed by atoms with Crippen molar-refractivity contribution >= 4 is 90.8 Å². The summed E-state index contributed by atoms with van der Waals surface area (Å²) in [7, 11) is -9.82. The van der Waals surface area contributed by atoms with Crippen LogP contribution < -0.4 is 31.1 Å². The second kappa shape index (κ2) is 22.8. The average molecular weight is 945 g/mol. The normalized spacial score (nSPS) is 11.7. The van der Waals surface area contributed by atoms with E-state index >= 15 is 0 Å². The molecule has 0 aliphatic heterocycles. The predicted molar refractivity (Wildman–Crippen MR) is 249 cm³/mol. The summed E-state index contributed by atoms with van der Waals surface area (Å²) in [6.07, 6.45) is 3.18. The Hall–Kier alpha value is -6.90. The molecule has 0 saturated carbocycles. The number of aliphatic hydroxyl groups excluding tert-OH is 4. The molecule has 0 atom stereocenters. The number of hydrogen-bond acceptors (Lipinski definition) is 20. The van der Waals surface area contributed by atoms with Gasteiger partial charge in [0.2, 0.25) is 35.7 Å². The zero-order valence-electron chi connectivity index (χ0n) is 35.2. The Balaban J connectivity index is 1.31. The first-order chi connectivity index (χ1) is 31.8. The van der Waals surface area contributed by atoms with E-state index in [0.29, 0.717) is 37.3 Å². The number of anilines is 10. The van der Waals surface area contributed by atoms with Gasteiger partial charge in [-0.05, 0) is 72.5 Å². The highest BCUT2D eigenvalue weighted by Crippen LogP contribution is 2.29. The van der Waals surface area contributed by atoms with Crippen LogP contribution in [0.25, 0.3) is 12.2 Å². The maximum Gasteiger partial charge on any atom is 0.295 e. The van der Waals surface area contributed by atoms with Crippen LogP contribution in [0.3, 0.4) is 0 Å². The van der Waals surface area contributed by atoms with Gasteiger partial charge in [-0.3, -0.25) is 9.11 Å². The molecule has 0 amide bonds. The zero-order chi connectivity index (χ0) is 47.1. The molecule has 6 rings (SSSR count). The molecule has 0 aliphatic rings. The van der Waals surface area contributed by atoms with Crippen molar-refractivity contribution in [3.8, 4) is 0 Å². The monoisotopic (exact) mass is 944 g/mol. The Kier molecular flexibility index (Phi) is 16.8. The van der Waals surface area contributed by atoms with Crippen molar-refractivity contribution in [1.82, 2.24) is 29.9 Å². The molecular formula is C42H48N12O10S2. The molecule has 0 aliphatic carbocycles. The fraction of sp³-hybridized carbons (Fsp3) is 0.238. The molecule has 0 unspecified atom stereocenters. The summed E-state index contributed by atoms with van der Waals surface area (Å²) in [5, 5.41) is 50.4. The van der Waals surface area contributed by atoms with E-state index in [0.717, 1.165) is 12.1 Å². The number of nitrogens with one attached hydrogen (secondary N) is 4. The van der Waals surface area contributed by atoms with E-state index in [4.69, 9.17) is 0 Å².